The molecule has 5 rings (SSSR count). The zero-order chi connectivity index (χ0) is 26.5. The summed E-state index contributed by atoms with van der Waals surface area (Å²) in [6.45, 7) is 4.96. The van der Waals surface area contributed by atoms with Crippen molar-refractivity contribution in [3.63, 3.8) is 0 Å². The van der Waals surface area contributed by atoms with Crippen LogP contribution in [0.15, 0.2) is 152 Å². The quantitative estimate of drug-likeness (QED) is 0.238. The standard InChI is InChI=1S/C21H24N2Si.C13H13B/c1-2-3-10-17-24(19-23-16-15-22-18-23,20-11-6-4-7-12-20)21-13-8-5-9-14-21;1-14(12-8-4-2-5-9-12)13-10-6-3-7-11-13/h4-18H,2-3,19H2,1H3;2-11H,1H3. The summed E-state index contributed by atoms with van der Waals surface area (Å²) in [5, 5.41) is 2.88. The molecule has 0 aliphatic heterocycles. The van der Waals surface area contributed by atoms with Gasteiger partial charge in [-0.2, -0.15) is 0 Å². The summed E-state index contributed by atoms with van der Waals surface area (Å²) in [7, 11) is -2.05. The molecule has 0 N–H and O–H groups in total. The Morgan fingerprint density at radius 1 is 0.711 bits per heavy atom. The third-order valence-corrected chi connectivity index (χ3v) is 11.4. The summed E-state index contributed by atoms with van der Waals surface area (Å²) in [5.41, 5.74) is 5.26. The monoisotopic (exact) mass is 512 g/mol. The number of hydrogen-bond donors (Lipinski definition) is 0. The van der Waals surface area contributed by atoms with Crippen LogP contribution in [0.2, 0.25) is 6.82 Å². The van der Waals surface area contributed by atoms with Crippen LogP contribution in [0.4, 0.5) is 0 Å². The molecule has 5 aromatic rings. The van der Waals surface area contributed by atoms with E-state index < -0.39 is 8.07 Å². The van der Waals surface area contributed by atoms with E-state index in [0.29, 0.717) is 6.71 Å². The van der Waals surface area contributed by atoms with Gasteiger partial charge in [-0.15, -0.1) is 0 Å². The molecular weight excluding hydrogens is 475 g/mol. The predicted molar refractivity (Wildman–Crippen MR) is 168 cm³/mol. The summed E-state index contributed by atoms with van der Waals surface area (Å²) < 4.78 is 2.22. The Balaban J connectivity index is 0.000000204. The lowest BCUT2D eigenvalue weighted by atomic mass is 9.43. The van der Waals surface area contributed by atoms with Crippen molar-refractivity contribution in [3.05, 3.63) is 152 Å². The first kappa shape index (κ1) is 27.2. The van der Waals surface area contributed by atoms with Crippen molar-refractivity contribution < 1.29 is 0 Å². The summed E-state index contributed by atoms with van der Waals surface area (Å²) in [5.74, 6) is 0. The van der Waals surface area contributed by atoms with Crippen LogP contribution in [0.25, 0.3) is 0 Å². The Morgan fingerprint density at radius 2 is 1.18 bits per heavy atom. The minimum atomic E-state index is -2.05. The van der Waals surface area contributed by atoms with Crippen molar-refractivity contribution in [2.24, 2.45) is 0 Å². The van der Waals surface area contributed by atoms with Gasteiger partial charge in [-0.3, -0.25) is 0 Å². The molecule has 4 heteroatoms. The maximum atomic E-state index is 4.25. The topological polar surface area (TPSA) is 17.8 Å². The number of benzene rings is 4. The highest BCUT2D eigenvalue weighted by atomic mass is 28.3. The summed E-state index contributed by atoms with van der Waals surface area (Å²) in [6, 6.07) is 43.1. The van der Waals surface area contributed by atoms with Gasteiger partial charge in [-0.1, -0.05) is 164 Å². The summed E-state index contributed by atoms with van der Waals surface area (Å²) >= 11 is 0. The minimum Gasteiger partial charge on any atom is -0.339 e. The van der Waals surface area contributed by atoms with Gasteiger partial charge < -0.3 is 4.57 Å². The van der Waals surface area contributed by atoms with Crippen molar-refractivity contribution in [3.8, 4) is 0 Å². The molecule has 0 amide bonds. The van der Waals surface area contributed by atoms with E-state index in [4.69, 9.17) is 0 Å². The van der Waals surface area contributed by atoms with Gasteiger partial charge in [0.25, 0.3) is 0 Å². The zero-order valence-corrected chi connectivity index (χ0v) is 23.5. The van der Waals surface area contributed by atoms with Gasteiger partial charge in [0.15, 0.2) is 8.07 Å². The molecule has 0 fully saturated rings. The molecule has 0 aliphatic carbocycles. The lowest BCUT2D eigenvalue weighted by Crippen LogP contribution is -2.60. The second kappa shape index (κ2) is 14.2. The molecule has 1 heterocycles. The van der Waals surface area contributed by atoms with Crippen LogP contribution in [-0.4, -0.2) is 24.3 Å². The van der Waals surface area contributed by atoms with E-state index >= 15 is 0 Å². The molecule has 0 saturated carbocycles. The second-order valence-corrected chi connectivity index (χ2v) is 13.4. The molecule has 0 aliphatic rings. The average molecular weight is 513 g/mol. The Labute approximate surface area is 229 Å². The summed E-state index contributed by atoms with van der Waals surface area (Å²) in [6.07, 6.45) is 11.5. The fourth-order valence-electron chi connectivity index (χ4n) is 4.86. The van der Waals surface area contributed by atoms with Gasteiger partial charge in [0.1, 0.15) is 0 Å². The maximum absolute atomic E-state index is 4.25. The van der Waals surface area contributed by atoms with E-state index in [0.717, 1.165) is 12.6 Å². The van der Waals surface area contributed by atoms with Crippen molar-refractivity contribution in [1.29, 1.82) is 0 Å². The summed E-state index contributed by atoms with van der Waals surface area (Å²) in [4.78, 5) is 4.25. The van der Waals surface area contributed by atoms with E-state index in [1.54, 1.807) is 0 Å². The molecule has 0 unspecified atom stereocenters. The Bertz CT molecular complexity index is 1260. The van der Waals surface area contributed by atoms with E-state index in [1.807, 2.05) is 12.5 Å². The van der Waals surface area contributed by atoms with Crippen LogP contribution in [0, 0.1) is 0 Å². The maximum Gasteiger partial charge on any atom is 0.206 e. The number of aromatic nitrogens is 2. The minimum absolute atomic E-state index is 0.484. The lowest BCUT2D eigenvalue weighted by molar-refractivity contribution is 0.860. The van der Waals surface area contributed by atoms with Crippen LogP contribution in [-0.2, 0) is 6.17 Å². The Morgan fingerprint density at radius 3 is 1.61 bits per heavy atom. The number of rotatable bonds is 9. The number of hydrogen-bond acceptors (Lipinski definition) is 1. The highest BCUT2D eigenvalue weighted by molar-refractivity contribution is 7.05. The van der Waals surface area contributed by atoms with Crippen molar-refractivity contribution in [2.45, 2.75) is 32.8 Å². The molecule has 1 aromatic heterocycles. The van der Waals surface area contributed by atoms with Crippen molar-refractivity contribution in [1.82, 2.24) is 9.55 Å². The fourth-order valence-corrected chi connectivity index (χ4v) is 8.96. The SMILES string of the molecule is CB(c1ccccc1)c1ccccc1.CCCC=C[Si](Cn1ccnc1)(c1ccccc1)c1ccccc1. The van der Waals surface area contributed by atoms with Crippen LogP contribution in [0.3, 0.4) is 0 Å². The number of unbranched alkanes of at least 4 members (excludes halogenated alkanes) is 1. The molecule has 0 saturated heterocycles. The molecule has 2 nitrogen and oxygen atoms in total. The van der Waals surface area contributed by atoms with E-state index in [1.165, 1.54) is 27.7 Å². The third kappa shape index (κ3) is 7.11. The molecule has 0 bridgehead atoms. The van der Waals surface area contributed by atoms with Crippen LogP contribution in [0.1, 0.15) is 19.8 Å². The Kier molecular flexibility index (Phi) is 10.1. The molecule has 4 aromatic carbocycles. The lowest BCUT2D eigenvalue weighted by Gasteiger charge is -2.30. The first-order valence-corrected chi connectivity index (χ1v) is 15.9. The number of imidazole rings is 1. The van der Waals surface area contributed by atoms with Gasteiger partial charge in [-0.05, 0) is 16.8 Å². The highest BCUT2D eigenvalue weighted by Crippen LogP contribution is 2.12. The van der Waals surface area contributed by atoms with E-state index in [9.17, 15) is 0 Å². The Hall–Kier alpha value is -3.89. The van der Waals surface area contributed by atoms with Gasteiger partial charge in [0.05, 0.1) is 6.33 Å². The van der Waals surface area contributed by atoms with Gasteiger partial charge in [0.2, 0.25) is 6.71 Å². The first-order chi connectivity index (χ1) is 18.7. The molecule has 190 valence electrons. The molecule has 38 heavy (non-hydrogen) atoms. The van der Waals surface area contributed by atoms with E-state index in [-0.39, 0.29) is 0 Å². The molecular formula is C34H37BN2Si. The molecule has 0 spiro atoms. The van der Waals surface area contributed by atoms with Crippen molar-refractivity contribution >= 4 is 36.1 Å². The third-order valence-electron chi connectivity index (χ3n) is 7.03. The second-order valence-electron chi connectivity index (χ2n) is 9.67. The number of allylic oxidation sites excluding steroid dienone is 1. The number of nitrogens with zero attached hydrogens (tertiary/aromatic N) is 2. The highest BCUT2D eigenvalue weighted by Gasteiger charge is 2.35. The van der Waals surface area contributed by atoms with Crippen LogP contribution < -0.4 is 21.3 Å². The smallest absolute Gasteiger partial charge is 0.206 e. The van der Waals surface area contributed by atoms with E-state index in [2.05, 4.69) is 163 Å². The first-order valence-electron chi connectivity index (χ1n) is 13.6. The van der Waals surface area contributed by atoms with Gasteiger partial charge >= 0.3 is 0 Å². The molecule has 0 radical (unpaired) electrons. The van der Waals surface area contributed by atoms with Crippen LogP contribution in [0.5, 0.6) is 0 Å². The van der Waals surface area contributed by atoms with Crippen LogP contribution >= 0.6 is 0 Å². The normalized spacial score (nSPS) is 11.1. The van der Waals surface area contributed by atoms with Gasteiger partial charge in [0, 0.05) is 18.6 Å². The van der Waals surface area contributed by atoms with Gasteiger partial charge in [-0.25, -0.2) is 4.98 Å². The molecule has 0 atom stereocenters. The largest absolute Gasteiger partial charge is 0.339 e. The van der Waals surface area contributed by atoms with Crippen molar-refractivity contribution in [2.75, 3.05) is 0 Å². The predicted octanol–water partition coefficient (Wildman–Crippen LogP) is 5.51. The zero-order valence-electron chi connectivity index (χ0n) is 22.5. The average Bonchev–Trinajstić information content (AvgIpc) is 3.51. The fraction of sp³-hybridized carbons (Fsp3) is 0.147.